The smallest absolute Gasteiger partial charge is 0.406 e. The molecule has 128 valence electrons. The van der Waals surface area contributed by atoms with Crippen molar-refractivity contribution in [1.29, 1.82) is 0 Å². The molecule has 0 aliphatic heterocycles. The van der Waals surface area contributed by atoms with E-state index in [4.69, 9.17) is 0 Å². The van der Waals surface area contributed by atoms with Crippen LogP contribution in [0.15, 0.2) is 24.3 Å². The number of anilines is 1. The van der Waals surface area contributed by atoms with Crippen LogP contribution in [0.4, 0.5) is 18.9 Å². The van der Waals surface area contributed by atoms with Crippen LogP contribution in [0.3, 0.4) is 0 Å². The van der Waals surface area contributed by atoms with E-state index >= 15 is 0 Å². The third-order valence-electron chi connectivity index (χ3n) is 2.69. The Kier molecular flexibility index (Phi) is 6.00. The second kappa shape index (κ2) is 7.34. The molecule has 1 aromatic carbocycles. The van der Waals surface area contributed by atoms with E-state index in [2.05, 4.69) is 15.4 Å². The Hall–Kier alpha value is -2.25. The molecule has 0 unspecified atom stereocenters. The van der Waals surface area contributed by atoms with E-state index in [1.54, 1.807) is 20.8 Å². The molecule has 0 atom stereocenters. The molecule has 1 aromatic rings. The minimum Gasteiger partial charge on any atom is -0.406 e. The molecule has 8 heteroatoms. The van der Waals surface area contributed by atoms with Crippen molar-refractivity contribution in [2.75, 3.05) is 11.9 Å². The number of halogens is 3. The second-order valence-electron chi connectivity index (χ2n) is 5.88. The molecule has 2 amide bonds. The summed E-state index contributed by atoms with van der Waals surface area (Å²) in [5.41, 5.74) is -0.197. The number of carbonyl (C=O) groups is 2. The minimum atomic E-state index is -4.75. The quantitative estimate of drug-likeness (QED) is 0.871. The molecule has 0 saturated heterocycles. The number of ether oxygens (including phenoxy) is 1. The van der Waals surface area contributed by atoms with Gasteiger partial charge >= 0.3 is 6.36 Å². The molecule has 0 bridgehead atoms. The van der Waals surface area contributed by atoms with Gasteiger partial charge in [-0.2, -0.15) is 0 Å². The average Bonchev–Trinajstić information content (AvgIpc) is 2.38. The number of carbonyl (C=O) groups excluding carboxylic acids is 2. The van der Waals surface area contributed by atoms with Gasteiger partial charge in [-0.3, -0.25) is 9.59 Å². The van der Waals surface area contributed by atoms with Crippen LogP contribution in [0.1, 0.15) is 27.2 Å². The van der Waals surface area contributed by atoms with Gasteiger partial charge in [0.25, 0.3) is 0 Å². The molecule has 1 rings (SSSR count). The Labute approximate surface area is 132 Å². The zero-order chi connectivity index (χ0) is 17.7. The predicted octanol–water partition coefficient (Wildman–Crippen LogP) is 3.08. The maximum atomic E-state index is 12.0. The third-order valence-corrected chi connectivity index (χ3v) is 2.69. The Balaban J connectivity index is 2.41. The van der Waals surface area contributed by atoms with Gasteiger partial charge in [0.2, 0.25) is 11.8 Å². The van der Waals surface area contributed by atoms with E-state index in [0.717, 1.165) is 12.1 Å². The maximum Gasteiger partial charge on any atom is 0.573 e. The topological polar surface area (TPSA) is 67.4 Å². The average molecular weight is 332 g/mol. The van der Waals surface area contributed by atoms with Crippen molar-refractivity contribution in [3.63, 3.8) is 0 Å². The third kappa shape index (κ3) is 7.53. The Morgan fingerprint density at radius 2 is 1.65 bits per heavy atom. The molecule has 2 N–H and O–H groups in total. The summed E-state index contributed by atoms with van der Waals surface area (Å²) in [6.07, 6.45) is -4.70. The summed E-state index contributed by atoms with van der Waals surface area (Å²) in [4.78, 5) is 23.3. The van der Waals surface area contributed by atoms with Crippen LogP contribution < -0.4 is 15.4 Å². The fraction of sp³-hybridized carbons (Fsp3) is 0.467. The predicted molar refractivity (Wildman–Crippen MR) is 78.8 cm³/mol. The van der Waals surface area contributed by atoms with Gasteiger partial charge in [0.05, 0.1) is 0 Å². The van der Waals surface area contributed by atoms with Gasteiger partial charge in [0.15, 0.2) is 0 Å². The molecule has 0 aromatic heterocycles. The molecular formula is C15H19F3N2O3. The lowest BCUT2D eigenvalue weighted by Crippen LogP contribution is -2.36. The fourth-order valence-corrected chi connectivity index (χ4v) is 1.52. The molecular weight excluding hydrogens is 313 g/mol. The van der Waals surface area contributed by atoms with Crippen LogP contribution >= 0.6 is 0 Å². The molecule has 0 aliphatic rings. The summed E-state index contributed by atoms with van der Waals surface area (Å²) in [7, 11) is 0. The van der Waals surface area contributed by atoms with Crippen molar-refractivity contribution < 1.29 is 27.5 Å². The van der Waals surface area contributed by atoms with Crippen molar-refractivity contribution in [2.45, 2.75) is 33.6 Å². The number of nitrogens with one attached hydrogen (secondary N) is 2. The highest BCUT2D eigenvalue weighted by Crippen LogP contribution is 2.23. The first-order valence-corrected chi connectivity index (χ1v) is 6.91. The van der Waals surface area contributed by atoms with Crippen LogP contribution in [0.5, 0.6) is 5.75 Å². The number of rotatable bonds is 5. The molecule has 0 heterocycles. The van der Waals surface area contributed by atoms with Crippen molar-refractivity contribution in [2.24, 2.45) is 5.41 Å². The first-order valence-electron chi connectivity index (χ1n) is 6.91. The second-order valence-corrected chi connectivity index (χ2v) is 5.88. The molecule has 0 aliphatic carbocycles. The van der Waals surface area contributed by atoms with E-state index < -0.39 is 11.8 Å². The summed E-state index contributed by atoms with van der Waals surface area (Å²) >= 11 is 0. The van der Waals surface area contributed by atoms with Crippen molar-refractivity contribution in [1.82, 2.24) is 5.32 Å². The summed E-state index contributed by atoms with van der Waals surface area (Å²) in [5, 5.41) is 5.15. The highest BCUT2D eigenvalue weighted by Gasteiger charge is 2.30. The van der Waals surface area contributed by atoms with E-state index in [0.29, 0.717) is 5.69 Å². The molecule has 23 heavy (non-hydrogen) atoms. The normalized spacial score (nSPS) is 11.7. The van der Waals surface area contributed by atoms with Gasteiger partial charge < -0.3 is 15.4 Å². The highest BCUT2D eigenvalue weighted by molar-refractivity contribution is 5.91. The number of hydrogen-bond donors (Lipinski definition) is 2. The number of amides is 2. The van der Waals surface area contributed by atoms with Gasteiger partial charge in [0.1, 0.15) is 5.75 Å². The highest BCUT2D eigenvalue weighted by atomic mass is 19.4. The van der Waals surface area contributed by atoms with Gasteiger partial charge in [0, 0.05) is 24.1 Å². The lowest BCUT2D eigenvalue weighted by atomic mass is 9.96. The van der Waals surface area contributed by atoms with Crippen molar-refractivity contribution in [3.05, 3.63) is 24.3 Å². The van der Waals surface area contributed by atoms with E-state index in [1.807, 2.05) is 0 Å². The maximum absolute atomic E-state index is 12.0. The van der Waals surface area contributed by atoms with Gasteiger partial charge in [-0.15, -0.1) is 13.2 Å². The number of benzene rings is 1. The largest absolute Gasteiger partial charge is 0.573 e. The van der Waals surface area contributed by atoms with Crippen LogP contribution in [0.2, 0.25) is 0 Å². The first-order chi connectivity index (χ1) is 10.5. The van der Waals surface area contributed by atoms with Crippen molar-refractivity contribution in [3.8, 4) is 5.75 Å². The summed E-state index contributed by atoms with van der Waals surface area (Å²) in [6.45, 7) is 5.45. The lowest BCUT2D eigenvalue weighted by molar-refractivity contribution is -0.274. The van der Waals surface area contributed by atoms with Crippen LogP contribution in [-0.4, -0.2) is 24.7 Å². The monoisotopic (exact) mass is 332 g/mol. The fourth-order valence-electron chi connectivity index (χ4n) is 1.52. The zero-order valence-electron chi connectivity index (χ0n) is 13.1. The Morgan fingerprint density at radius 3 is 2.13 bits per heavy atom. The van der Waals surface area contributed by atoms with Gasteiger partial charge in [-0.05, 0) is 24.3 Å². The standard InChI is InChI=1S/C15H19F3N2O3/c1-14(2,3)13(22)19-9-8-12(21)20-10-4-6-11(7-5-10)23-15(16,17)18/h4-7H,8-9H2,1-3H3,(H,19,22)(H,20,21). The van der Waals surface area contributed by atoms with Crippen LogP contribution in [0, 0.1) is 5.41 Å². The minimum absolute atomic E-state index is 0.0582. The first kappa shape index (κ1) is 18.8. The van der Waals surface area contributed by atoms with Crippen molar-refractivity contribution >= 4 is 17.5 Å². The lowest BCUT2D eigenvalue weighted by Gasteiger charge is -2.17. The number of alkyl halides is 3. The Bertz CT molecular complexity index is 549. The summed E-state index contributed by atoms with van der Waals surface area (Å²) in [6, 6.07) is 4.80. The number of hydrogen-bond acceptors (Lipinski definition) is 3. The molecule has 0 fully saturated rings. The van der Waals surface area contributed by atoms with Crippen LogP contribution in [-0.2, 0) is 9.59 Å². The molecule has 0 radical (unpaired) electrons. The zero-order valence-corrected chi connectivity index (χ0v) is 13.1. The van der Waals surface area contributed by atoms with Gasteiger partial charge in [-0.1, -0.05) is 20.8 Å². The molecule has 0 spiro atoms. The van der Waals surface area contributed by atoms with E-state index in [9.17, 15) is 22.8 Å². The SMILES string of the molecule is CC(C)(C)C(=O)NCCC(=O)Nc1ccc(OC(F)(F)F)cc1. The molecule has 5 nitrogen and oxygen atoms in total. The van der Waals surface area contributed by atoms with Gasteiger partial charge in [-0.25, -0.2) is 0 Å². The van der Waals surface area contributed by atoms with E-state index in [1.165, 1.54) is 12.1 Å². The summed E-state index contributed by atoms with van der Waals surface area (Å²) in [5.74, 6) is -0.893. The van der Waals surface area contributed by atoms with Crippen LogP contribution in [0.25, 0.3) is 0 Å². The Morgan fingerprint density at radius 1 is 1.09 bits per heavy atom. The molecule has 0 saturated carbocycles. The summed E-state index contributed by atoms with van der Waals surface area (Å²) < 4.78 is 39.8. The van der Waals surface area contributed by atoms with E-state index in [-0.39, 0.29) is 30.5 Å².